The topological polar surface area (TPSA) is 66.4 Å². The molecule has 0 unspecified atom stereocenters. The van der Waals surface area contributed by atoms with E-state index in [1.165, 1.54) is 32.1 Å². The number of nitrogens with one attached hydrogen (secondary N) is 1. The van der Waals surface area contributed by atoms with Crippen LogP contribution in [0, 0.1) is 5.92 Å². The van der Waals surface area contributed by atoms with Gasteiger partial charge >= 0.3 is 0 Å². The maximum atomic E-state index is 12.4. The number of hydrogen-bond acceptors (Lipinski definition) is 3. The Kier molecular flexibility index (Phi) is 5.78. The first-order valence-corrected chi connectivity index (χ1v) is 7.77. The van der Waals surface area contributed by atoms with Crippen molar-refractivity contribution in [2.45, 2.75) is 51.4 Å². The molecule has 1 aromatic carbocycles. The molecule has 21 heavy (non-hydrogen) atoms. The number of carbonyl (C=O) groups excluding carboxylic acids is 2. The van der Waals surface area contributed by atoms with Gasteiger partial charge in [0, 0.05) is 6.42 Å². The van der Waals surface area contributed by atoms with Crippen molar-refractivity contribution in [1.82, 2.24) is 0 Å². The highest BCUT2D eigenvalue weighted by Crippen LogP contribution is 2.31. The highest BCUT2D eigenvalue weighted by molar-refractivity contribution is 6.01. The van der Waals surface area contributed by atoms with Gasteiger partial charge in [-0.15, -0.1) is 0 Å². The van der Waals surface area contributed by atoms with Crippen LogP contribution in [0.3, 0.4) is 0 Å². The lowest BCUT2D eigenvalue weighted by atomic mass is 9.86. The number of benzene rings is 1. The maximum absolute atomic E-state index is 12.4. The summed E-state index contributed by atoms with van der Waals surface area (Å²) in [5.74, 6) is 0.257. The number of rotatable bonds is 5. The summed E-state index contributed by atoms with van der Waals surface area (Å²) in [6, 6.07) is 4.88. The van der Waals surface area contributed by atoms with Gasteiger partial charge in [0.1, 0.15) is 5.75 Å². The van der Waals surface area contributed by atoms with Crippen molar-refractivity contribution in [3.8, 4) is 5.75 Å². The van der Waals surface area contributed by atoms with Gasteiger partial charge in [-0.25, -0.2) is 0 Å². The molecule has 0 heterocycles. The van der Waals surface area contributed by atoms with E-state index < -0.39 is 0 Å². The molecular weight excluding hydrogens is 266 g/mol. The number of anilines is 1. The van der Waals surface area contributed by atoms with Crippen LogP contribution in [0.2, 0.25) is 0 Å². The third kappa shape index (κ3) is 4.31. The lowest BCUT2D eigenvalue weighted by Gasteiger charge is -2.19. The summed E-state index contributed by atoms with van der Waals surface area (Å²) in [6.45, 7) is 0. The lowest BCUT2D eigenvalue weighted by Crippen LogP contribution is -2.11. The van der Waals surface area contributed by atoms with E-state index in [9.17, 15) is 14.7 Å². The van der Waals surface area contributed by atoms with Crippen molar-refractivity contribution in [3.63, 3.8) is 0 Å². The van der Waals surface area contributed by atoms with E-state index >= 15 is 0 Å². The summed E-state index contributed by atoms with van der Waals surface area (Å²) in [4.78, 5) is 22.9. The molecule has 1 aliphatic rings. The monoisotopic (exact) mass is 289 g/mol. The molecule has 1 saturated carbocycles. The van der Waals surface area contributed by atoms with Crippen LogP contribution < -0.4 is 5.32 Å². The van der Waals surface area contributed by atoms with Crippen LogP contribution in [-0.4, -0.2) is 17.3 Å². The molecule has 0 bridgehead atoms. The SMILES string of the molecule is O=CNc1cccc(C(=O)CC2CCCCCCC2)c1O. The zero-order valence-corrected chi connectivity index (χ0v) is 12.3. The Morgan fingerprint density at radius 3 is 2.52 bits per heavy atom. The van der Waals surface area contributed by atoms with Crippen molar-refractivity contribution < 1.29 is 14.7 Å². The van der Waals surface area contributed by atoms with E-state index in [1.807, 2.05) is 0 Å². The van der Waals surface area contributed by atoms with Crippen LogP contribution in [0.1, 0.15) is 61.7 Å². The number of Topliss-reactive ketones (excluding diaryl/α,β-unsaturated/α-hetero) is 1. The molecule has 0 saturated heterocycles. The molecule has 0 spiro atoms. The fourth-order valence-electron chi connectivity index (χ4n) is 3.07. The minimum Gasteiger partial charge on any atom is -0.505 e. The summed E-state index contributed by atoms with van der Waals surface area (Å²) in [6.07, 6.45) is 9.38. The van der Waals surface area contributed by atoms with Gasteiger partial charge in [0.2, 0.25) is 6.41 Å². The van der Waals surface area contributed by atoms with Gasteiger partial charge in [0.05, 0.1) is 11.3 Å². The van der Waals surface area contributed by atoms with Crippen molar-refractivity contribution in [2.75, 3.05) is 5.32 Å². The molecule has 4 nitrogen and oxygen atoms in total. The first kappa shape index (κ1) is 15.5. The Hall–Kier alpha value is -1.84. The standard InChI is InChI=1S/C17H23NO3/c19-12-18-15-10-6-9-14(17(15)21)16(20)11-13-7-4-2-1-3-5-8-13/h6,9-10,12-13,21H,1-5,7-8,11H2,(H,18,19). The second-order valence-electron chi connectivity index (χ2n) is 5.80. The number of phenols is 1. The smallest absolute Gasteiger partial charge is 0.211 e. The molecular formula is C17H23NO3. The third-order valence-corrected chi connectivity index (χ3v) is 4.25. The Bertz CT molecular complexity index is 491. The molecule has 114 valence electrons. The molecule has 4 heteroatoms. The van der Waals surface area contributed by atoms with Crippen LogP contribution in [0.15, 0.2) is 18.2 Å². The first-order chi connectivity index (χ1) is 10.2. The molecule has 0 aromatic heterocycles. The second-order valence-corrected chi connectivity index (χ2v) is 5.80. The predicted octanol–water partition coefficient (Wildman–Crippen LogP) is 3.89. The van der Waals surface area contributed by atoms with Gasteiger partial charge in [-0.3, -0.25) is 9.59 Å². The molecule has 2 rings (SSSR count). The minimum atomic E-state index is -0.125. The highest BCUT2D eigenvalue weighted by atomic mass is 16.3. The quantitative estimate of drug-likeness (QED) is 0.491. The number of ketones is 1. The van der Waals surface area contributed by atoms with Crippen molar-refractivity contribution in [3.05, 3.63) is 23.8 Å². The van der Waals surface area contributed by atoms with Gasteiger partial charge in [-0.2, -0.15) is 0 Å². The van der Waals surface area contributed by atoms with Crippen molar-refractivity contribution in [2.24, 2.45) is 5.92 Å². The Morgan fingerprint density at radius 2 is 1.86 bits per heavy atom. The first-order valence-electron chi connectivity index (χ1n) is 7.77. The maximum Gasteiger partial charge on any atom is 0.211 e. The van der Waals surface area contributed by atoms with E-state index in [0.717, 1.165) is 12.8 Å². The predicted molar refractivity (Wildman–Crippen MR) is 82.6 cm³/mol. The Balaban J connectivity index is 2.05. The van der Waals surface area contributed by atoms with Crippen LogP contribution in [-0.2, 0) is 4.79 Å². The van der Waals surface area contributed by atoms with Crippen molar-refractivity contribution >= 4 is 17.9 Å². The normalized spacial score (nSPS) is 16.8. The highest BCUT2D eigenvalue weighted by Gasteiger charge is 2.19. The fraction of sp³-hybridized carbons (Fsp3) is 0.529. The van der Waals surface area contributed by atoms with E-state index in [-0.39, 0.29) is 17.2 Å². The van der Waals surface area contributed by atoms with E-state index in [2.05, 4.69) is 5.32 Å². The summed E-state index contributed by atoms with van der Waals surface area (Å²) >= 11 is 0. The van der Waals surface area contributed by atoms with Crippen LogP contribution in [0.5, 0.6) is 5.75 Å². The fourth-order valence-corrected chi connectivity index (χ4v) is 3.07. The molecule has 2 N–H and O–H groups in total. The molecule has 0 radical (unpaired) electrons. The van der Waals surface area contributed by atoms with Gasteiger partial charge < -0.3 is 10.4 Å². The third-order valence-electron chi connectivity index (χ3n) is 4.25. The summed E-state index contributed by atoms with van der Waals surface area (Å²) < 4.78 is 0. The average Bonchev–Trinajstić information content (AvgIpc) is 2.44. The summed E-state index contributed by atoms with van der Waals surface area (Å²) in [5.41, 5.74) is 0.595. The number of amides is 1. The van der Waals surface area contributed by atoms with Crippen LogP contribution in [0.4, 0.5) is 5.69 Å². The van der Waals surface area contributed by atoms with E-state index in [1.54, 1.807) is 18.2 Å². The van der Waals surface area contributed by atoms with Gasteiger partial charge in [-0.1, -0.05) is 51.0 Å². The Morgan fingerprint density at radius 1 is 1.19 bits per heavy atom. The zero-order valence-electron chi connectivity index (χ0n) is 12.3. The summed E-state index contributed by atoms with van der Waals surface area (Å²) in [7, 11) is 0. The van der Waals surface area contributed by atoms with E-state index in [4.69, 9.17) is 0 Å². The van der Waals surface area contributed by atoms with Crippen LogP contribution >= 0.6 is 0 Å². The molecule has 1 aromatic rings. The number of aromatic hydroxyl groups is 1. The zero-order chi connectivity index (χ0) is 15.1. The number of phenolic OH excluding ortho intramolecular Hbond substituents is 1. The largest absolute Gasteiger partial charge is 0.505 e. The molecule has 0 aliphatic heterocycles. The Labute approximate surface area is 125 Å². The minimum absolute atomic E-state index is 0.0346. The second kappa shape index (κ2) is 7.81. The number of carbonyl (C=O) groups is 2. The van der Waals surface area contributed by atoms with Crippen molar-refractivity contribution in [1.29, 1.82) is 0 Å². The average molecular weight is 289 g/mol. The molecule has 1 aliphatic carbocycles. The molecule has 1 fully saturated rings. The molecule has 0 atom stereocenters. The number of hydrogen-bond donors (Lipinski definition) is 2. The van der Waals surface area contributed by atoms with Crippen LogP contribution in [0.25, 0.3) is 0 Å². The molecule has 1 amide bonds. The van der Waals surface area contributed by atoms with Gasteiger partial charge in [0.25, 0.3) is 0 Å². The lowest BCUT2D eigenvalue weighted by molar-refractivity contribution is -0.105. The van der Waals surface area contributed by atoms with Gasteiger partial charge in [0.15, 0.2) is 5.78 Å². The van der Waals surface area contributed by atoms with Gasteiger partial charge in [-0.05, 0) is 18.1 Å². The summed E-state index contributed by atoms with van der Waals surface area (Å²) in [5, 5.41) is 12.5. The number of para-hydroxylation sites is 1. The van der Waals surface area contributed by atoms with E-state index in [0.29, 0.717) is 24.3 Å².